The van der Waals surface area contributed by atoms with Crippen LogP contribution in [0.2, 0.25) is 0 Å². The van der Waals surface area contributed by atoms with Crippen molar-refractivity contribution in [1.82, 2.24) is 20.9 Å². The van der Waals surface area contributed by atoms with Gasteiger partial charge in [0, 0.05) is 20.3 Å². The first-order valence-corrected chi connectivity index (χ1v) is 29.0. The summed E-state index contributed by atoms with van der Waals surface area (Å²) in [5.74, 6) is -2.40. The van der Waals surface area contributed by atoms with E-state index in [1.165, 1.54) is 20.8 Å². The standard InChI is InChI=1S/C45H84N4O29P2/c1-6-44(5,20-30(24-74-79(61,62)63)48-34(54)26-70-14-12-66-8-10-68-16-18-72-42-36(46-28(3)52)40(58)38(56)32(22-50)76-42)78-80(64,65)75-25-31-21-45(60,7-2)49(31)35(55)27-71-15-13-67-9-11-69-17-19-73-43-37(47-29(4)53)41(59)39(57)33(23-51)77-43/h30-33,36-43,50-51,56-60H,6-27H2,1-5H3,(H,46,52)(H,47,53)(H,48,54)(H,64,65)(H2,61,62,63)/t30?,31?,32-,33-,36-,37-,38+,39+,40-,41-,42-,43-,44?,45?/m1/s1. The topological polar surface area (TPSA) is 464 Å². The summed E-state index contributed by atoms with van der Waals surface area (Å²) in [4.78, 5) is 80.0. The molecule has 0 aromatic heterocycles. The van der Waals surface area contributed by atoms with Gasteiger partial charge in [0.25, 0.3) is 5.91 Å². The van der Waals surface area contributed by atoms with Gasteiger partial charge in [-0.2, -0.15) is 0 Å². The molecule has 15 atom stereocenters. The second-order valence-electron chi connectivity index (χ2n) is 19.0. The van der Waals surface area contributed by atoms with E-state index in [1.807, 2.05) is 0 Å². The molecule has 0 aromatic rings. The molecule has 3 aliphatic heterocycles. The number of nitrogens with one attached hydrogen (secondary N) is 3. The molecule has 13 N–H and O–H groups in total. The molecule has 5 unspecified atom stereocenters. The van der Waals surface area contributed by atoms with E-state index in [4.69, 9.17) is 56.4 Å². The highest BCUT2D eigenvalue weighted by Gasteiger charge is 2.53. The Kier molecular flexibility index (Phi) is 31.9. The first kappa shape index (κ1) is 71.7. The summed E-state index contributed by atoms with van der Waals surface area (Å²) in [5, 5.41) is 78.3. The summed E-state index contributed by atoms with van der Waals surface area (Å²) >= 11 is 0. The summed E-state index contributed by atoms with van der Waals surface area (Å²) in [6.45, 7) is 3.95. The van der Waals surface area contributed by atoms with Crippen molar-refractivity contribution in [3.8, 4) is 0 Å². The van der Waals surface area contributed by atoms with E-state index in [-0.39, 0.29) is 105 Å². The van der Waals surface area contributed by atoms with E-state index >= 15 is 0 Å². The molecule has 3 saturated heterocycles. The number of rotatable bonds is 41. The van der Waals surface area contributed by atoms with Crippen LogP contribution in [0.15, 0.2) is 0 Å². The predicted molar refractivity (Wildman–Crippen MR) is 268 cm³/mol. The lowest BCUT2D eigenvalue weighted by atomic mass is 9.87. The van der Waals surface area contributed by atoms with Gasteiger partial charge >= 0.3 is 15.6 Å². The van der Waals surface area contributed by atoms with E-state index < -0.39 is 164 Å². The molecule has 80 heavy (non-hydrogen) atoms. The van der Waals surface area contributed by atoms with Gasteiger partial charge in [0.05, 0.1) is 123 Å². The van der Waals surface area contributed by atoms with Crippen LogP contribution >= 0.6 is 15.6 Å². The van der Waals surface area contributed by atoms with Crippen molar-refractivity contribution < 1.29 is 140 Å². The zero-order valence-electron chi connectivity index (χ0n) is 45.6. The number of phosphoric ester groups is 2. The van der Waals surface area contributed by atoms with Crippen molar-refractivity contribution in [2.24, 2.45) is 0 Å². The van der Waals surface area contributed by atoms with E-state index in [0.29, 0.717) is 0 Å². The van der Waals surface area contributed by atoms with E-state index in [1.54, 1.807) is 13.8 Å². The van der Waals surface area contributed by atoms with Gasteiger partial charge in [0.15, 0.2) is 12.6 Å². The van der Waals surface area contributed by atoms with E-state index in [2.05, 4.69) is 20.5 Å². The number of aliphatic hydroxyl groups excluding tert-OH is 6. The lowest BCUT2D eigenvalue weighted by Crippen LogP contribution is -2.69. The zero-order chi connectivity index (χ0) is 59.7. The highest BCUT2D eigenvalue weighted by Crippen LogP contribution is 2.51. The average Bonchev–Trinajstić information content (AvgIpc) is 3.43. The number of carbonyl (C=O) groups is 4. The van der Waals surface area contributed by atoms with Crippen molar-refractivity contribution in [3.63, 3.8) is 0 Å². The van der Waals surface area contributed by atoms with Gasteiger partial charge in [-0.05, 0) is 26.2 Å². The quantitative estimate of drug-likeness (QED) is 0.0201. The normalized spacial score (nSPS) is 29.0. The summed E-state index contributed by atoms with van der Waals surface area (Å²) in [6, 6.07) is -4.28. The third-order valence-electron chi connectivity index (χ3n) is 12.7. The lowest BCUT2D eigenvalue weighted by Gasteiger charge is -2.54. The van der Waals surface area contributed by atoms with Crippen LogP contribution in [0, 0.1) is 0 Å². The maximum atomic E-state index is 13.4. The number of phosphoric acid groups is 2. The van der Waals surface area contributed by atoms with Gasteiger partial charge in [0.1, 0.15) is 67.6 Å². The van der Waals surface area contributed by atoms with E-state index in [0.717, 1.165) is 4.90 Å². The van der Waals surface area contributed by atoms with Crippen molar-refractivity contribution in [3.05, 3.63) is 0 Å². The lowest BCUT2D eigenvalue weighted by molar-refractivity contribution is -0.272. The zero-order valence-corrected chi connectivity index (χ0v) is 47.3. The van der Waals surface area contributed by atoms with Crippen LogP contribution in [0.4, 0.5) is 0 Å². The molecule has 0 saturated carbocycles. The minimum absolute atomic E-state index is 0.0137. The molecule has 4 amide bonds. The Hall–Kier alpha value is -2.58. The number of hydrogen-bond acceptors (Lipinski definition) is 26. The Balaban J connectivity index is 1.35. The number of amides is 4. The van der Waals surface area contributed by atoms with Crippen LogP contribution in [0.1, 0.15) is 60.3 Å². The Bertz CT molecular complexity index is 1950. The van der Waals surface area contributed by atoms with Crippen LogP contribution in [0.5, 0.6) is 0 Å². The van der Waals surface area contributed by atoms with Gasteiger partial charge in [-0.3, -0.25) is 32.7 Å². The highest BCUT2D eigenvalue weighted by molar-refractivity contribution is 7.47. The first-order chi connectivity index (χ1) is 37.7. The Labute approximate surface area is 462 Å². The number of likely N-dealkylation sites (tertiary alicyclic amines) is 1. The Morgan fingerprint density at radius 1 is 0.675 bits per heavy atom. The molecule has 3 rings (SSSR count). The second-order valence-corrected chi connectivity index (χ2v) is 21.7. The van der Waals surface area contributed by atoms with Crippen molar-refractivity contribution in [2.75, 3.05) is 119 Å². The van der Waals surface area contributed by atoms with Crippen molar-refractivity contribution in [2.45, 2.75) is 145 Å². The molecule has 468 valence electrons. The van der Waals surface area contributed by atoms with Gasteiger partial charge < -0.3 is 119 Å². The smallest absolute Gasteiger partial charge is 0.394 e. The molecular weight excluding hydrogens is 1120 g/mol. The monoisotopic (exact) mass is 1210 g/mol. The summed E-state index contributed by atoms with van der Waals surface area (Å²) < 4.78 is 95.1. The summed E-state index contributed by atoms with van der Waals surface area (Å²) in [5.41, 5.74) is -3.19. The Morgan fingerprint density at radius 2 is 1.11 bits per heavy atom. The molecule has 0 spiro atoms. The molecule has 0 radical (unpaired) electrons. The second kappa shape index (κ2) is 35.7. The van der Waals surface area contributed by atoms with Gasteiger partial charge in [-0.1, -0.05) is 13.8 Å². The molecule has 0 bridgehead atoms. The van der Waals surface area contributed by atoms with Crippen LogP contribution in [0.3, 0.4) is 0 Å². The van der Waals surface area contributed by atoms with Crippen molar-refractivity contribution in [1.29, 1.82) is 0 Å². The van der Waals surface area contributed by atoms with Crippen LogP contribution in [-0.2, 0) is 89.2 Å². The molecule has 33 nitrogen and oxygen atoms in total. The largest absolute Gasteiger partial charge is 0.472 e. The number of ether oxygens (including phenoxy) is 10. The number of aliphatic hydroxyl groups is 7. The molecule has 3 fully saturated rings. The minimum atomic E-state index is -5.06. The van der Waals surface area contributed by atoms with E-state index in [9.17, 15) is 78.7 Å². The van der Waals surface area contributed by atoms with Gasteiger partial charge in [0.2, 0.25) is 17.7 Å². The first-order valence-electron chi connectivity index (χ1n) is 25.9. The summed E-state index contributed by atoms with van der Waals surface area (Å²) in [6.07, 6.45) is -10.7. The third-order valence-corrected chi connectivity index (χ3v) is 14.3. The highest BCUT2D eigenvalue weighted by atomic mass is 31.2. The fraction of sp³-hybridized carbons (Fsp3) is 0.911. The molecule has 35 heteroatoms. The fourth-order valence-electron chi connectivity index (χ4n) is 8.48. The minimum Gasteiger partial charge on any atom is -0.394 e. The Morgan fingerprint density at radius 3 is 1.52 bits per heavy atom. The maximum Gasteiger partial charge on any atom is 0.472 e. The molecule has 0 aliphatic carbocycles. The van der Waals surface area contributed by atoms with Crippen molar-refractivity contribution >= 4 is 39.3 Å². The maximum absolute atomic E-state index is 13.4. The number of carbonyl (C=O) groups excluding carboxylic acids is 4. The summed E-state index contributed by atoms with van der Waals surface area (Å²) in [7, 11) is -10.0. The molecule has 0 aromatic carbocycles. The van der Waals surface area contributed by atoms with Crippen LogP contribution in [0.25, 0.3) is 0 Å². The molecule has 3 aliphatic rings. The fourth-order valence-corrected chi connectivity index (χ4v) is 10.0. The molecule has 3 heterocycles. The average molecular weight is 1210 g/mol. The van der Waals surface area contributed by atoms with Crippen LogP contribution in [-0.4, -0.2) is 283 Å². The molecular formula is C45H84N4O29P2. The predicted octanol–water partition coefficient (Wildman–Crippen LogP) is -5.01. The number of hydrogen-bond donors (Lipinski definition) is 13. The van der Waals surface area contributed by atoms with Crippen LogP contribution < -0.4 is 16.0 Å². The van der Waals surface area contributed by atoms with Gasteiger partial charge in [-0.25, -0.2) is 9.13 Å². The van der Waals surface area contributed by atoms with Gasteiger partial charge in [-0.15, -0.1) is 0 Å². The number of nitrogens with zero attached hydrogens (tertiary/aromatic N) is 1. The SMILES string of the molecule is CCC(C)(CC(COP(=O)(O)O)NC(=O)COCCOCCOCCO[C@@H]1O[C@H](CO)[C@H](O)[C@H](O)[C@H]1NC(C)=O)OP(=O)(O)OCC1CC(O)(CC)N1C(=O)COCCOCCOCCO[C@@H]1O[C@H](CO)[C@H](O)[C@H](O)[C@H]1NC(C)=O. The third kappa shape index (κ3) is 24.9.